The molecule has 0 fully saturated rings. The fourth-order valence-corrected chi connectivity index (χ4v) is 1.45. The molecule has 3 nitrogen and oxygen atoms in total. The van der Waals surface area contributed by atoms with Crippen molar-refractivity contribution >= 4 is 23.5 Å². The van der Waals surface area contributed by atoms with Gasteiger partial charge in [-0.25, -0.2) is 4.99 Å². The van der Waals surface area contributed by atoms with Crippen LogP contribution < -0.4 is 5.32 Å². The van der Waals surface area contributed by atoms with Crippen LogP contribution in [0.4, 0.5) is 5.69 Å². The number of rotatable bonds is 5. The third kappa shape index (κ3) is 5.29. The molecule has 1 aromatic carbocycles. The van der Waals surface area contributed by atoms with Gasteiger partial charge in [-0.2, -0.15) is 5.26 Å². The van der Waals surface area contributed by atoms with E-state index in [0.717, 1.165) is 23.5 Å². The number of anilines is 1. The number of hydrogen-bond acceptors (Lipinski definition) is 3. The molecule has 104 valence electrons. The van der Waals surface area contributed by atoms with Crippen LogP contribution in [-0.2, 0) is 0 Å². The smallest absolute Gasteiger partial charge is 0.129 e. The van der Waals surface area contributed by atoms with E-state index in [0.29, 0.717) is 10.6 Å². The van der Waals surface area contributed by atoms with E-state index in [1.807, 2.05) is 19.1 Å². The first-order chi connectivity index (χ1) is 9.56. The van der Waals surface area contributed by atoms with Crippen molar-refractivity contribution in [1.82, 2.24) is 0 Å². The van der Waals surface area contributed by atoms with E-state index in [-0.39, 0.29) is 0 Å². The standard InChI is InChI=1S/C16H18ClN3/c1-4-12(2)16(19-10-9-13(3)17)20-15-7-5-14(11-18)6-8-15/h5-10,20H,4H2,1-3H3/b13-9+,16-12-,19-10-. The van der Waals surface area contributed by atoms with Gasteiger partial charge >= 0.3 is 0 Å². The first kappa shape index (κ1) is 16.0. The number of aliphatic imine (C=N–C) groups is 1. The van der Waals surface area contributed by atoms with Crippen LogP contribution >= 0.6 is 11.6 Å². The zero-order valence-electron chi connectivity index (χ0n) is 11.9. The Bertz CT molecular complexity index is 571. The summed E-state index contributed by atoms with van der Waals surface area (Å²) in [6.45, 7) is 5.91. The molecule has 0 unspecified atom stereocenters. The number of allylic oxidation sites excluding steroid dienone is 3. The second-order valence-corrected chi connectivity index (χ2v) is 4.92. The summed E-state index contributed by atoms with van der Waals surface area (Å²) in [4.78, 5) is 4.39. The maximum atomic E-state index is 8.78. The SMILES string of the molecule is CC/C(C)=C(/N=C\C=C(/C)Cl)Nc1ccc(C#N)cc1. The molecule has 0 radical (unpaired) electrons. The fourth-order valence-electron chi connectivity index (χ4n) is 1.40. The van der Waals surface area contributed by atoms with Gasteiger partial charge in [-0.05, 0) is 56.2 Å². The lowest BCUT2D eigenvalue weighted by Crippen LogP contribution is -2.00. The third-order valence-electron chi connectivity index (χ3n) is 2.72. The third-order valence-corrected chi connectivity index (χ3v) is 2.85. The van der Waals surface area contributed by atoms with Crippen molar-refractivity contribution in [1.29, 1.82) is 5.26 Å². The molecule has 4 heteroatoms. The van der Waals surface area contributed by atoms with Crippen LogP contribution in [-0.4, -0.2) is 6.21 Å². The van der Waals surface area contributed by atoms with Crippen LogP contribution in [0.5, 0.6) is 0 Å². The lowest BCUT2D eigenvalue weighted by Gasteiger charge is -2.09. The van der Waals surface area contributed by atoms with Crippen molar-refractivity contribution in [2.24, 2.45) is 4.99 Å². The Labute approximate surface area is 125 Å². The highest BCUT2D eigenvalue weighted by Crippen LogP contribution is 2.16. The molecule has 0 bridgehead atoms. The van der Waals surface area contributed by atoms with Gasteiger partial charge in [0, 0.05) is 16.9 Å². The minimum Gasteiger partial charge on any atom is -0.340 e. The van der Waals surface area contributed by atoms with E-state index in [1.54, 1.807) is 31.3 Å². The molecule has 0 heterocycles. The first-order valence-corrected chi connectivity index (χ1v) is 6.78. The topological polar surface area (TPSA) is 48.2 Å². The minimum absolute atomic E-state index is 0.637. The molecule has 1 rings (SSSR count). The molecule has 0 aliphatic heterocycles. The molecule has 0 aromatic heterocycles. The molecule has 1 aromatic rings. The minimum atomic E-state index is 0.637. The van der Waals surface area contributed by atoms with E-state index in [1.165, 1.54) is 0 Å². The molecule has 0 saturated heterocycles. The normalized spacial score (nSPS) is 13.1. The summed E-state index contributed by atoms with van der Waals surface area (Å²) < 4.78 is 0. The van der Waals surface area contributed by atoms with E-state index < -0.39 is 0 Å². The molecular weight excluding hydrogens is 270 g/mol. The largest absolute Gasteiger partial charge is 0.340 e. The lowest BCUT2D eigenvalue weighted by molar-refractivity contribution is 1.04. The number of benzene rings is 1. The van der Waals surface area contributed by atoms with Crippen LogP contribution in [0, 0.1) is 11.3 Å². The monoisotopic (exact) mass is 287 g/mol. The van der Waals surface area contributed by atoms with Crippen LogP contribution in [0.15, 0.2) is 51.8 Å². The van der Waals surface area contributed by atoms with E-state index in [2.05, 4.69) is 23.3 Å². The number of halogens is 1. The summed E-state index contributed by atoms with van der Waals surface area (Å²) >= 11 is 5.77. The Balaban J connectivity index is 2.93. The zero-order valence-corrected chi connectivity index (χ0v) is 12.7. The highest BCUT2D eigenvalue weighted by molar-refractivity contribution is 6.30. The van der Waals surface area contributed by atoms with Gasteiger partial charge in [0.15, 0.2) is 0 Å². The first-order valence-electron chi connectivity index (χ1n) is 6.40. The second kappa shape index (κ2) is 8.19. The predicted octanol–water partition coefficient (Wildman–Crippen LogP) is 4.83. The van der Waals surface area contributed by atoms with Crippen molar-refractivity contribution in [2.45, 2.75) is 27.2 Å². The van der Waals surface area contributed by atoms with E-state index in [4.69, 9.17) is 16.9 Å². The summed E-state index contributed by atoms with van der Waals surface area (Å²) in [6.07, 6.45) is 4.32. The van der Waals surface area contributed by atoms with Crippen LogP contribution in [0.3, 0.4) is 0 Å². The summed E-state index contributed by atoms with van der Waals surface area (Å²) in [7, 11) is 0. The van der Waals surface area contributed by atoms with Crippen molar-refractivity contribution in [3.05, 3.63) is 52.3 Å². The predicted molar refractivity (Wildman–Crippen MR) is 85.9 cm³/mol. The maximum Gasteiger partial charge on any atom is 0.129 e. The molecule has 1 N–H and O–H groups in total. The number of nitriles is 1. The molecule has 0 aliphatic rings. The Morgan fingerprint density at radius 3 is 2.50 bits per heavy atom. The van der Waals surface area contributed by atoms with Crippen molar-refractivity contribution in [3.8, 4) is 6.07 Å². The zero-order chi connectivity index (χ0) is 15.0. The lowest BCUT2D eigenvalue weighted by atomic mass is 10.2. The molecule has 20 heavy (non-hydrogen) atoms. The Hall–Kier alpha value is -2.05. The van der Waals surface area contributed by atoms with Gasteiger partial charge in [-0.1, -0.05) is 18.5 Å². The Morgan fingerprint density at radius 1 is 1.35 bits per heavy atom. The highest BCUT2D eigenvalue weighted by Gasteiger charge is 2.00. The average Bonchev–Trinajstić information content (AvgIpc) is 2.45. The summed E-state index contributed by atoms with van der Waals surface area (Å²) in [5, 5.41) is 12.7. The van der Waals surface area contributed by atoms with Gasteiger partial charge in [-0.3, -0.25) is 0 Å². The number of nitrogens with zero attached hydrogens (tertiary/aromatic N) is 2. The fraction of sp³-hybridized carbons (Fsp3) is 0.250. The Kier molecular flexibility index (Phi) is 6.55. The Morgan fingerprint density at radius 2 is 2.00 bits per heavy atom. The van der Waals surface area contributed by atoms with E-state index >= 15 is 0 Å². The number of nitrogens with one attached hydrogen (secondary N) is 1. The average molecular weight is 288 g/mol. The van der Waals surface area contributed by atoms with Crippen LogP contribution in [0.2, 0.25) is 0 Å². The van der Waals surface area contributed by atoms with Gasteiger partial charge in [0.25, 0.3) is 0 Å². The molecule has 0 amide bonds. The van der Waals surface area contributed by atoms with Crippen LogP contribution in [0.25, 0.3) is 0 Å². The molecule has 0 aliphatic carbocycles. The maximum absolute atomic E-state index is 8.78. The van der Waals surface area contributed by atoms with Crippen molar-refractivity contribution < 1.29 is 0 Å². The molecule has 0 atom stereocenters. The molecular formula is C16H18ClN3. The van der Waals surface area contributed by atoms with Crippen LogP contribution in [0.1, 0.15) is 32.8 Å². The molecule has 0 spiro atoms. The highest BCUT2D eigenvalue weighted by atomic mass is 35.5. The summed E-state index contributed by atoms with van der Waals surface area (Å²) in [6, 6.07) is 9.36. The van der Waals surface area contributed by atoms with Gasteiger partial charge in [0.2, 0.25) is 0 Å². The van der Waals surface area contributed by atoms with Gasteiger partial charge in [-0.15, -0.1) is 0 Å². The molecule has 0 saturated carbocycles. The summed E-state index contributed by atoms with van der Waals surface area (Å²) in [5.41, 5.74) is 2.68. The summed E-state index contributed by atoms with van der Waals surface area (Å²) in [5.74, 6) is 0.798. The quantitative estimate of drug-likeness (QED) is 0.789. The number of hydrogen-bond donors (Lipinski definition) is 1. The van der Waals surface area contributed by atoms with Gasteiger partial charge in [0.1, 0.15) is 5.82 Å². The van der Waals surface area contributed by atoms with Crippen molar-refractivity contribution in [3.63, 3.8) is 0 Å². The van der Waals surface area contributed by atoms with E-state index in [9.17, 15) is 0 Å². The van der Waals surface area contributed by atoms with Gasteiger partial charge < -0.3 is 5.32 Å². The second-order valence-electron chi connectivity index (χ2n) is 4.33. The van der Waals surface area contributed by atoms with Crippen molar-refractivity contribution in [2.75, 3.05) is 5.32 Å². The van der Waals surface area contributed by atoms with Gasteiger partial charge in [0.05, 0.1) is 11.6 Å².